The van der Waals surface area contributed by atoms with E-state index in [0.29, 0.717) is 5.56 Å². The Bertz CT molecular complexity index is 334. The van der Waals surface area contributed by atoms with Gasteiger partial charge in [-0.2, -0.15) is 0 Å². The molecule has 0 atom stereocenters. The standard InChI is InChI=1S/C8H9ClFN3/c9-6-2-1-5(3-7(6)10)4-13-8(11)12/h1-3H,4H2,(H4,11,12,13). The van der Waals surface area contributed by atoms with Crippen LogP contribution in [-0.4, -0.2) is 5.96 Å². The highest BCUT2D eigenvalue weighted by atomic mass is 35.5. The Balaban J connectivity index is 2.80. The Morgan fingerprint density at radius 3 is 2.69 bits per heavy atom. The lowest BCUT2D eigenvalue weighted by molar-refractivity contribution is 0.626. The summed E-state index contributed by atoms with van der Waals surface area (Å²) < 4.78 is 12.9. The minimum absolute atomic E-state index is 0.0182. The second-order valence-corrected chi connectivity index (χ2v) is 2.90. The highest BCUT2D eigenvalue weighted by Crippen LogP contribution is 2.15. The van der Waals surface area contributed by atoms with Crippen LogP contribution >= 0.6 is 11.6 Å². The third kappa shape index (κ3) is 2.91. The molecule has 0 heterocycles. The van der Waals surface area contributed by atoms with Crippen LogP contribution in [0.1, 0.15) is 5.56 Å². The topological polar surface area (TPSA) is 64.4 Å². The first kappa shape index (κ1) is 9.80. The van der Waals surface area contributed by atoms with Crippen LogP contribution in [0.3, 0.4) is 0 Å². The van der Waals surface area contributed by atoms with Crippen LogP contribution in [0.25, 0.3) is 0 Å². The molecule has 0 aliphatic heterocycles. The van der Waals surface area contributed by atoms with Crippen molar-refractivity contribution in [2.24, 2.45) is 16.5 Å². The van der Waals surface area contributed by atoms with Crippen LogP contribution in [0, 0.1) is 5.82 Å². The molecule has 3 nitrogen and oxygen atoms in total. The van der Waals surface area contributed by atoms with Crippen molar-refractivity contribution in [1.29, 1.82) is 0 Å². The van der Waals surface area contributed by atoms with Gasteiger partial charge >= 0.3 is 0 Å². The number of aliphatic imine (C=N–C) groups is 1. The van der Waals surface area contributed by atoms with Gasteiger partial charge in [-0.05, 0) is 17.7 Å². The molecule has 1 rings (SSSR count). The molecule has 13 heavy (non-hydrogen) atoms. The summed E-state index contributed by atoms with van der Waals surface area (Å²) >= 11 is 5.48. The first-order chi connectivity index (χ1) is 6.09. The van der Waals surface area contributed by atoms with Crippen molar-refractivity contribution in [2.75, 3.05) is 0 Å². The summed E-state index contributed by atoms with van der Waals surface area (Å²) in [5.74, 6) is -0.486. The Labute approximate surface area is 80.2 Å². The van der Waals surface area contributed by atoms with Crippen molar-refractivity contribution in [1.82, 2.24) is 0 Å². The molecule has 70 valence electrons. The van der Waals surface area contributed by atoms with Crippen LogP contribution in [0.15, 0.2) is 23.2 Å². The molecule has 0 fully saturated rings. The zero-order chi connectivity index (χ0) is 9.84. The average Bonchev–Trinajstić information content (AvgIpc) is 2.07. The fourth-order valence-electron chi connectivity index (χ4n) is 0.821. The molecule has 0 aromatic heterocycles. The number of hydrogen-bond donors (Lipinski definition) is 2. The predicted octanol–water partition coefficient (Wildman–Crippen LogP) is 1.25. The quantitative estimate of drug-likeness (QED) is 0.559. The Morgan fingerprint density at radius 2 is 2.15 bits per heavy atom. The summed E-state index contributed by atoms with van der Waals surface area (Å²) in [6.45, 7) is 0.260. The monoisotopic (exact) mass is 201 g/mol. The maximum Gasteiger partial charge on any atom is 0.186 e. The van der Waals surface area contributed by atoms with Crippen molar-refractivity contribution in [3.05, 3.63) is 34.6 Å². The smallest absolute Gasteiger partial charge is 0.186 e. The van der Waals surface area contributed by atoms with Crippen molar-refractivity contribution in [3.8, 4) is 0 Å². The molecule has 0 aliphatic rings. The lowest BCUT2D eigenvalue weighted by Crippen LogP contribution is -2.22. The number of benzene rings is 1. The van der Waals surface area contributed by atoms with E-state index < -0.39 is 5.82 Å². The second-order valence-electron chi connectivity index (χ2n) is 2.49. The number of rotatable bonds is 2. The zero-order valence-corrected chi connectivity index (χ0v) is 7.55. The van der Waals surface area contributed by atoms with Crippen molar-refractivity contribution < 1.29 is 4.39 Å². The lowest BCUT2D eigenvalue weighted by atomic mass is 10.2. The molecular weight excluding hydrogens is 193 g/mol. The SMILES string of the molecule is NC(N)=NCc1ccc(Cl)c(F)c1. The van der Waals surface area contributed by atoms with Crippen LogP contribution in [0.5, 0.6) is 0 Å². The second kappa shape index (κ2) is 4.09. The van der Waals surface area contributed by atoms with Gasteiger partial charge in [0.25, 0.3) is 0 Å². The molecule has 1 aromatic rings. The molecule has 0 saturated carbocycles. The van der Waals surface area contributed by atoms with Crippen LogP contribution < -0.4 is 11.5 Å². The molecule has 0 radical (unpaired) electrons. The van der Waals surface area contributed by atoms with Crippen LogP contribution in [0.4, 0.5) is 4.39 Å². The number of halogens is 2. The minimum Gasteiger partial charge on any atom is -0.370 e. The summed E-state index contributed by atoms with van der Waals surface area (Å²) in [5.41, 5.74) is 10.9. The maximum atomic E-state index is 12.9. The van der Waals surface area contributed by atoms with Crippen LogP contribution in [-0.2, 0) is 6.54 Å². The summed E-state index contributed by atoms with van der Waals surface area (Å²) in [7, 11) is 0. The summed E-state index contributed by atoms with van der Waals surface area (Å²) in [6.07, 6.45) is 0. The van der Waals surface area contributed by atoms with Gasteiger partial charge in [0.2, 0.25) is 0 Å². The van der Waals surface area contributed by atoms with E-state index in [4.69, 9.17) is 23.1 Å². The molecule has 0 saturated heterocycles. The largest absolute Gasteiger partial charge is 0.370 e. The van der Waals surface area contributed by atoms with Gasteiger partial charge in [-0.1, -0.05) is 17.7 Å². The van der Waals surface area contributed by atoms with E-state index in [1.807, 2.05) is 0 Å². The normalized spacial score (nSPS) is 9.69. The van der Waals surface area contributed by atoms with Gasteiger partial charge in [-0.3, -0.25) is 0 Å². The number of nitrogens with two attached hydrogens (primary N) is 2. The van der Waals surface area contributed by atoms with E-state index in [0.717, 1.165) is 0 Å². The highest BCUT2D eigenvalue weighted by molar-refractivity contribution is 6.30. The van der Waals surface area contributed by atoms with Gasteiger partial charge in [0.15, 0.2) is 5.96 Å². The van der Waals surface area contributed by atoms with Gasteiger partial charge in [-0.15, -0.1) is 0 Å². The summed E-state index contributed by atoms with van der Waals surface area (Å²) in [5, 5.41) is 0.0912. The van der Waals surface area contributed by atoms with Crippen LogP contribution in [0.2, 0.25) is 5.02 Å². The van der Waals surface area contributed by atoms with Gasteiger partial charge in [0.05, 0.1) is 11.6 Å². The molecule has 0 aliphatic carbocycles. The molecule has 4 N–H and O–H groups in total. The maximum absolute atomic E-state index is 12.9. The predicted molar refractivity (Wildman–Crippen MR) is 50.9 cm³/mol. The fourth-order valence-corrected chi connectivity index (χ4v) is 0.938. The highest BCUT2D eigenvalue weighted by Gasteiger charge is 1.99. The van der Waals surface area contributed by atoms with E-state index in [-0.39, 0.29) is 17.5 Å². The van der Waals surface area contributed by atoms with Crippen molar-refractivity contribution in [3.63, 3.8) is 0 Å². The minimum atomic E-state index is -0.468. The number of guanidine groups is 1. The van der Waals surface area contributed by atoms with E-state index in [1.165, 1.54) is 12.1 Å². The molecule has 0 amide bonds. The Kier molecular flexibility index (Phi) is 3.08. The van der Waals surface area contributed by atoms with Crippen molar-refractivity contribution >= 4 is 17.6 Å². The average molecular weight is 202 g/mol. The van der Waals surface area contributed by atoms with Gasteiger partial charge in [0.1, 0.15) is 5.82 Å². The molecule has 1 aromatic carbocycles. The van der Waals surface area contributed by atoms with E-state index >= 15 is 0 Å². The molecular formula is C8H9ClFN3. The summed E-state index contributed by atoms with van der Waals surface area (Å²) in [4.78, 5) is 3.73. The lowest BCUT2D eigenvalue weighted by Gasteiger charge is -1.98. The van der Waals surface area contributed by atoms with Gasteiger partial charge in [0, 0.05) is 0 Å². The van der Waals surface area contributed by atoms with E-state index in [2.05, 4.69) is 4.99 Å². The fraction of sp³-hybridized carbons (Fsp3) is 0.125. The molecule has 0 spiro atoms. The van der Waals surface area contributed by atoms with Gasteiger partial charge in [-0.25, -0.2) is 9.38 Å². The van der Waals surface area contributed by atoms with E-state index in [9.17, 15) is 4.39 Å². The first-order valence-corrected chi connectivity index (χ1v) is 3.96. The molecule has 5 heteroatoms. The van der Waals surface area contributed by atoms with E-state index in [1.54, 1.807) is 6.07 Å². The number of nitrogens with zero attached hydrogens (tertiary/aromatic N) is 1. The number of hydrogen-bond acceptors (Lipinski definition) is 1. The molecule has 0 unspecified atom stereocenters. The third-order valence-electron chi connectivity index (χ3n) is 1.43. The molecule has 0 bridgehead atoms. The van der Waals surface area contributed by atoms with Gasteiger partial charge < -0.3 is 11.5 Å². The zero-order valence-electron chi connectivity index (χ0n) is 6.80. The third-order valence-corrected chi connectivity index (χ3v) is 1.73. The summed E-state index contributed by atoms with van der Waals surface area (Å²) in [6, 6.07) is 4.43. The Morgan fingerprint density at radius 1 is 1.46 bits per heavy atom. The first-order valence-electron chi connectivity index (χ1n) is 3.59. The van der Waals surface area contributed by atoms with Crippen molar-refractivity contribution in [2.45, 2.75) is 6.54 Å². The Hall–Kier alpha value is -1.29.